The van der Waals surface area contributed by atoms with Crippen molar-refractivity contribution in [2.24, 2.45) is 0 Å². The summed E-state index contributed by atoms with van der Waals surface area (Å²) in [5.74, 6) is 0.315. The number of benzene rings is 1. The van der Waals surface area contributed by atoms with Crippen LogP contribution < -0.4 is 5.73 Å². The maximum atomic E-state index is 9.73. The first-order chi connectivity index (χ1) is 16.1. The van der Waals surface area contributed by atoms with Gasteiger partial charge in [0.1, 0.15) is 5.52 Å². The highest BCUT2D eigenvalue weighted by Gasteiger charge is 2.22. The Morgan fingerprint density at radius 1 is 1.06 bits per heavy atom. The number of nitrogens with two attached hydrogens (primary N) is 1. The Labute approximate surface area is 190 Å². The maximum Gasteiger partial charge on any atom is 0.152 e. The fourth-order valence-corrected chi connectivity index (χ4v) is 4.12. The Hall–Kier alpha value is -4.51. The molecule has 0 spiro atoms. The van der Waals surface area contributed by atoms with E-state index in [9.17, 15) is 5.26 Å². The summed E-state index contributed by atoms with van der Waals surface area (Å²) in [4.78, 5) is 9.33. The molecule has 5 rings (SSSR count). The van der Waals surface area contributed by atoms with E-state index in [1.807, 2.05) is 71.9 Å². The van der Waals surface area contributed by atoms with Crippen molar-refractivity contribution in [2.45, 2.75) is 26.9 Å². The van der Waals surface area contributed by atoms with E-state index in [1.165, 1.54) is 0 Å². The standard InChI is InChI=1S/C25H22N8/c1-3-33-21(11-12-28-33)22-20-15-32(14-18-9-6-7-16(2)29-18)31-24(20)25(27)30-23(22)19-10-5-4-8-17(19)13-26/h4-12,15H,3,14H2,1-2H3,(H2,27,30). The molecule has 2 N–H and O–H groups in total. The minimum Gasteiger partial charge on any atom is -0.382 e. The van der Waals surface area contributed by atoms with E-state index >= 15 is 0 Å². The Balaban J connectivity index is 1.79. The fraction of sp³-hybridized carbons (Fsp3) is 0.160. The predicted molar refractivity (Wildman–Crippen MR) is 127 cm³/mol. The number of fused-ring (bicyclic) bond motifs is 1. The van der Waals surface area contributed by atoms with Gasteiger partial charge in [0.2, 0.25) is 0 Å². The van der Waals surface area contributed by atoms with Gasteiger partial charge in [0.25, 0.3) is 0 Å². The number of anilines is 1. The first-order valence-electron chi connectivity index (χ1n) is 10.7. The lowest BCUT2D eigenvalue weighted by atomic mass is 9.96. The molecule has 1 aromatic carbocycles. The molecule has 5 aromatic rings. The van der Waals surface area contributed by atoms with Gasteiger partial charge >= 0.3 is 0 Å². The zero-order valence-corrected chi connectivity index (χ0v) is 18.4. The minimum atomic E-state index is 0.315. The number of rotatable bonds is 5. The summed E-state index contributed by atoms with van der Waals surface area (Å²) in [6, 6.07) is 17.6. The van der Waals surface area contributed by atoms with Gasteiger partial charge in [0.15, 0.2) is 5.82 Å². The van der Waals surface area contributed by atoms with Crippen LogP contribution in [0.4, 0.5) is 5.82 Å². The van der Waals surface area contributed by atoms with Crippen molar-refractivity contribution >= 4 is 16.7 Å². The molecule has 0 atom stereocenters. The summed E-state index contributed by atoms with van der Waals surface area (Å²) in [7, 11) is 0. The van der Waals surface area contributed by atoms with E-state index in [0.29, 0.717) is 35.7 Å². The van der Waals surface area contributed by atoms with Gasteiger partial charge in [0, 0.05) is 41.1 Å². The molecule has 162 valence electrons. The summed E-state index contributed by atoms with van der Waals surface area (Å²) in [5, 5.41) is 19.8. The zero-order chi connectivity index (χ0) is 22.9. The van der Waals surface area contributed by atoms with Crippen LogP contribution in [0, 0.1) is 18.3 Å². The minimum absolute atomic E-state index is 0.315. The number of hydrogen-bond acceptors (Lipinski definition) is 6. The highest BCUT2D eigenvalue weighted by atomic mass is 15.3. The highest BCUT2D eigenvalue weighted by molar-refractivity contribution is 6.04. The molecule has 0 bridgehead atoms. The number of aryl methyl sites for hydroxylation is 2. The molecule has 0 amide bonds. The quantitative estimate of drug-likeness (QED) is 0.444. The SMILES string of the molecule is CCn1nccc1-c1c(-c2ccccc2C#N)nc(N)c2nn(Cc3cccc(C)n3)cc12. The van der Waals surface area contributed by atoms with E-state index in [-0.39, 0.29) is 0 Å². The first-order valence-corrected chi connectivity index (χ1v) is 10.7. The van der Waals surface area contributed by atoms with E-state index in [0.717, 1.165) is 33.6 Å². The van der Waals surface area contributed by atoms with Crippen molar-refractivity contribution in [1.82, 2.24) is 29.5 Å². The third-order valence-corrected chi connectivity index (χ3v) is 5.59. The first kappa shape index (κ1) is 20.4. The number of aromatic nitrogens is 6. The molecule has 0 saturated heterocycles. The number of nitrogen functional groups attached to an aromatic ring is 1. The lowest BCUT2D eigenvalue weighted by molar-refractivity contribution is 0.667. The zero-order valence-electron chi connectivity index (χ0n) is 18.4. The van der Waals surface area contributed by atoms with E-state index in [1.54, 1.807) is 12.3 Å². The largest absolute Gasteiger partial charge is 0.382 e. The Morgan fingerprint density at radius 3 is 2.70 bits per heavy atom. The average Bonchev–Trinajstić information content (AvgIpc) is 3.46. The number of hydrogen-bond donors (Lipinski definition) is 1. The van der Waals surface area contributed by atoms with Gasteiger partial charge < -0.3 is 5.73 Å². The van der Waals surface area contributed by atoms with E-state index < -0.39 is 0 Å². The van der Waals surface area contributed by atoms with Gasteiger partial charge in [-0.1, -0.05) is 24.3 Å². The smallest absolute Gasteiger partial charge is 0.152 e. The normalized spacial score (nSPS) is 11.1. The molecule has 0 aliphatic rings. The number of nitrogens with zero attached hydrogens (tertiary/aromatic N) is 7. The highest BCUT2D eigenvalue weighted by Crippen LogP contribution is 2.39. The molecule has 8 heteroatoms. The van der Waals surface area contributed by atoms with Gasteiger partial charge in [-0.2, -0.15) is 15.5 Å². The monoisotopic (exact) mass is 434 g/mol. The summed E-state index contributed by atoms with van der Waals surface area (Å²) < 4.78 is 3.74. The maximum absolute atomic E-state index is 9.73. The van der Waals surface area contributed by atoms with E-state index in [4.69, 9.17) is 15.8 Å². The lowest BCUT2D eigenvalue weighted by Gasteiger charge is -2.14. The third-order valence-electron chi connectivity index (χ3n) is 5.59. The van der Waals surface area contributed by atoms with Crippen LogP contribution >= 0.6 is 0 Å². The molecule has 4 aromatic heterocycles. The molecule has 0 aliphatic heterocycles. The Morgan fingerprint density at radius 2 is 1.91 bits per heavy atom. The van der Waals surface area contributed by atoms with Crippen molar-refractivity contribution in [3.63, 3.8) is 0 Å². The molecule has 8 nitrogen and oxygen atoms in total. The van der Waals surface area contributed by atoms with Crippen molar-refractivity contribution in [3.05, 3.63) is 77.9 Å². The van der Waals surface area contributed by atoms with Crippen LogP contribution in [0.3, 0.4) is 0 Å². The Kier molecular flexibility index (Phi) is 5.07. The molecular weight excluding hydrogens is 412 g/mol. The summed E-state index contributed by atoms with van der Waals surface area (Å²) in [5.41, 5.74) is 12.5. The fourth-order valence-electron chi connectivity index (χ4n) is 4.12. The summed E-state index contributed by atoms with van der Waals surface area (Å²) in [6.07, 6.45) is 3.74. The molecular formula is C25H22N8. The number of pyridine rings is 2. The van der Waals surface area contributed by atoms with Crippen LogP contribution in [-0.2, 0) is 13.1 Å². The van der Waals surface area contributed by atoms with Crippen LogP contribution in [0.25, 0.3) is 33.4 Å². The molecule has 0 unspecified atom stereocenters. The molecule has 0 radical (unpaired) electrons. The van der Waals surface area contributed by atoms with Gasteiger partial charge in [-0.05, 0) is 38.1 Å². The van der Waals surface area contributed by atoms with Gasteiger partial charge in [-0.3, -0.25) is 14.3 Å². The number of nitriles is 1. The van der Waals surface area contributed by atoms with Crippen molar-refractivity contribution in [3.8, 4) is 28.6 Å². The van der Waals surface area contributed by atoms with Crippen LogP contribution in [0.15, 0.2) is 60.9 Å². The van der Waals surface area contributed by atoms with Crippen molar-refractivity contribution in [1.29, 1.82) is 5.26 Å². The van der Waals surface area contributed by atoms with Crippen LogP contribution in [0.5, 0.6) is 0 Å². The van der Waals surface area contributed by atoms with Crippen LogP contribution in [0.2, 0.25) is 0 Å². The van der Waals surface area contributed by atoms with Gasteiger partial charge in [0.05, 0.1) is 35.3 Å². The second kappa shape index (κ2) is 8.20. The predicted octanol–water partition coefficient (Wildman–Crippen LogP) is 4.19. The molecule has 0 aliphatic carbocycles. The van der Waals surface area contributed by atoms with Crippen molar-refractivity contribution < 1.29 is 0 Å². The summed E-state index contributed by atoms with van der Waals surface area (Å²) in [6.45, 7) is 5.20. The van der Waals surface area contributed by atoms with Crippen LogP contribution in [0.1, 0.15) is 23.9 Å². The summed E-state index contributed by atoms with van der Waals surface area (Å²) >= 11 is 0. The van der Waals surface area contributed by atoms with Gasteiger partial charge in [-0.15, -0.1) is 0 Å². The third kappa shape index (κ3) is 3.59. The average molecular weight is 435 g/mol. The molecule has 33 heavy (non-hydrogen) atoms. The molecule has 0 fully saturated rings. The second-order valence-corrected chi connectivity index (χ2v) is 7.77. The second-order valence-electron chi connectivity index (χ2n) is 7.77. The van der Waals surface area contributed by atoms with E-state index in [2.05, 4.69) is 16.2 Å². The van der Waals surface area contributed by atoms with Crippen LogP contribution in [-0.4, -0.2) is 29.5 Å². The topological polar surface area (TPSA) is 111 Å². The molecule has 0 saturated carbocycles. The molecule has 4 heterocycles. The Bertz CT molecular complexity index is 1520. The lowest BCUT2D eigenvalue weighted by Crippen LogP contribution is -2.04. The van der Waals surface area contributed by atoms with Gasteiger partial charge in [-0.25, -0.2) is 4.98 Å². The van der Waals surface area contributed by atoms with Crippen molar-refractivity contribution in [2.75, 3.05) is 5.73 Å².